The van der Waals surface area contributed by atoms with Gasteiger partial charge in [-0.3, -0.25) is 9.10 Å². The number of carbonyl (C=O) groups excluding carboxylic acids is 1. The van der Waals surface area contributed by atoms with Gasteiger partial charge in [0.05, 0.1) is 16.3 Å². The number of thiophene rings is 1. The van der Waals surface area contributed by atoms with E-state index in [4.69, 9.17) is 0 Å². The van der Waals surface area contributed by atoms with Crippen LogP contribution in [-0.4, -0.2) is 31.2 Å². The molecule has 0 aliphatic carbocycles. The summed E-state index contributed by atoms with van der Waals surface area (Å²) in [5, 5.41) is 5.91. The summed E-state index contributed by atoms with van der Waals surface area (Å²) in [6.45, 7) is 5.49. The molecule has 0 radical (unpaired) electrons. The van der Waals surface area contributed by atoms with Crippen LogP contribution in [0.4, 0.5) is 5.69 Å². The lowest BCUT2D eigenvalue weighted by Crippen LogP contribution is -2.28. The molecule has 136 valence electrons. The van der Waals surface area contributed by atoms with Crippen molar-refractivity contribution in [1.82, 2.24) is 9.78 Å². The Hall–Kier alpha value is -2.45. The molecule has 2 aromatic heterocycles. The Labute approximate surface area is 156 Å². The number of aromatic nitrogens is 2. The number of nitrogens with zero attached hydrogens (tertiary/aromatic N) is 3. The second-order valence-corrected chi connectivity index (χ2v) is 8.95. The van der Waals surface area contributed by atoms with Gasteiger partial charge in [-0.15, -0.1) is 11.3 Å². The average molecular weight is 390 g/mol. The summed E-state index contributed by atoms with van der Waals surface area (Å²) < 4.78 is 28.3. The third-order valence-corrected chi connectivity index (χ3v) is 6.74. The van der Waals surface area contributed by atoms with Crippen molar-refractivity contribution in [3.63, 3.8) is 0 Å². The van der Waals surface area contributed by atoms with Crippen LogP contribution >= 0.6 is 11.3 Å². The Morgan fingerprint density at radius 1 is 1.12 bits per heavy atom. The zero-order valence-electron chi connectivity index (χ0n) is 14.9. The first-order chi connectivity index (χ1) is 12.2. The van der Waals surface area contributed by atoms with Crippen LogP contribution in [0.2, 0.25) is 0 Å². The minimum atomic E-state index is -3.76. The van der Waals surface area contributed by atoms with Crippen LogP contribution in [0.3, 0.4) is 0 Å². The summed E-state index contributed by atoms with van der Waals surface area (Å²) in [4.78, 5) is 13.4. The van der Waals surface area contributed by atoms with E-state index in [2.05, 4.69) is 5.10 Å². The summed E-state index contributed by atoms with van der Waals surface area (Å²) in [6.07, 6.45) is 0. The van der Waals surface area contributed by atoms with E-state index in [9.17, 15) is 13.2 Å². The molecule has 26 heavy (non-hydrogen) atoms. The van der Waals surface area contributed by atoms with E-state index in [0.717, 1.165) is 15.6 Å². The van der Waals surface area contributed by atoms with E-state index in [1.165, 1.54) is 23.1 Å². The van der Waals surface area contributed by atoms with Crippen molar-refractivity contribution in [3.05, 3.63) is 63.6 Å². The molecule has 0 amide bonds. The molecule has 0 aliphatic rings. The third kappa shape index (κ3) is 3.17. The van der Waals surface area contributed by atoms with Gasteiger partial charge in [0.1, 0.15) is 4.88 Å². The molecule has 2 heterocycles. The van der Waals surface area contributed by atoms with Crippen LogP contribution < -0.4 is 4.31 Å². The van der Waals surface area contributed by atoms with Crippen molar-refractivity contribution in [2.75, 3.05) is 11.4 Å². The number of carbonyl (C=O) groups is 1. The first-order valence-corrected chi connectivity index (χ1v) is 10.2. The van der Waals surface area contributed by atoms with Gasteiger partial charge in [-0.25, -0.2) is 13.1 Å². The molecule has 3 rings (SSSR count). The van der Waals surface area contributed by atoms with Gasteiger partial charge in [0.25, 0.3) is 15.9 Å². The van der Waals surface area contributed by atoms with Gasteiger partial charge in [0, 0.05) is 12.7 Å². The van der Waals surface area contributed by atoms with Crippen molar-refractivity contribution in [1.29, 1.82) is 0 Å². The smallest absolute Gasteiger partial charge is 0.268 e. The van der Waals surface area contributed by atoms with Gasteiger partial charge < -0.3 is 0 Å². The largest absolute Gasteiger partial charge is 0.290 e. The number of rotatable bonds is 4. The van der Waals surface area contributed by atoms with E-state index in [-0.39, 0.29) is 10.8 Å². The molecule has 3 aromatic rings. The molecule has 6 nitrogen and oxygen atoms in total. The minimum Gasteiger partial charge on any atom is -0.268 e. The van der Waals surface area contributed by atoms with Gasteiger partial charge in [-0.05, 0) is 50.4 Å². The van der Waals surface area contributed by atoms with Gasteiger partial charge in [0.2, 0.25) is 0 Å². The number of anilines is 1. The lowest BCUT2D eigenvalue weighted by atomic mass is 10.2. The van der Waals surface area contributed by atoms with Crippen molar-refractivity contribution < 1.29 is 13.2 Å². The zero-order chi connectivity index (χ0) is 19.1. The van der Waals surface area contributed by atoms with Gasteiger partial charge in [-0.2, -0.15) is 5.10 Å². The summed E-state index contributed by atoms with van der Waals surface area (Å²) in [5.74, 6) is -0.341. The highest BCUT2D eigenvalue weighted by Crippen LogP contribution is 2.30. The average Bonchev–Trinajstić information content (AvgIpc) is 3.20. The van der Waals surface area contributed by atoms with Crippen LogP contribution in [0.15, 0.2) is 46.7 Å². The summed E-state index contributed by atoms with van der Waals surface area (Å²) in [5.41, 5.74) is 2.75. The monoisotopic (exact) mass is 389 g/mol. The molecule has 0 fully saturated rings. The maximum absolute atomic E-state index is 12.9. The van der Waals surface area contributed by atoms with Crippen molar-refractivity contribution >= 4 is 33.0 Å². The molecule has 0 aliphatic heterocycles. The van der Waals surface area contributed by atoms with E-state index >= 15 is 0 Å². The second kappa shape index (κ2) is 6.69. The Morgan fingerprint density at radius 2 is 1.77 bits per heavy atom. The van der Waals surface area contributed by atoms with Crippen LogP contribution in [0, 0.1) is 20.8 Å². The Kier molecular flexibility index (Phi) is 4.72. The molecule has 0 N–H and O–H groups in total. The number of hydrogen-bond acceptors (Lipinski definition) is 5. The predicted molar refractivity (Wildman–Crippen MR) is 103 cm³/mol. The highest BCUT2D eigenvalue weighted by atomic mass is 32.2. The fourth-order valence-corrected chi connectivity index (χ4v) is 4.75. The van der Waals surface area contributed by atoms with E-state index in [0.29, 0.717) is 16.3 Å². The highest BCUT2D eigenvalue weighted by Gasteiger charge is 2.27. The van der Waals surface area contributed by atoms with Gasteiger partial charge in [-0.1, -0.05) is 17.7 Å². The Morgan fingerprint density at radius 3 is 2.35 bits per heavy atom. The standard InChI is InChI=1S/C18H19N3O3S2/c1-12-5-7-15(8-6-12)26(23,24)20(4)16-9-10-25-17(16)18(22)21-14(3)11-13(2)19-21/h5-11H,1-4H3. The van der Waals surface area contributed by atoms with Crippen molar-refractivity contribution in [2.45, 2.75) is 25.7 Å². The molecule has 8 heteroatoms. The molecule has 0 spiro atoms. The van der Waals surface area contributed by atoms with E-state index in [1.807, 2.05) is 6.92 Å². The van der Waals surface area contributed by atoms with Crippen LogP contribution in [0.25, 0.3) is 0 Å². The fourth-order valence-electron chi connectivity index (χ4n) is 2.64. The molecule has 0 saturated heterocycles. The summed E-state index contributed by atoms with van der Waals surface area (Å²) in [7, 11) is -2.31. The molecule has 0 saturated carbocycles. The van der Waals surface area contributed by atoms with Crippen molar-refractivity contribution in [2.24, 2.45) is 0 Å². The minimum absolute atomic E-state index is 0.182. The lowest BCUT2D eigenvalue weighted by Gasteiger charge is -2.19. The Balaban J connectivity index is 2.01. The summed E-state index contributed by atoms with van der Waals surface area (Å²) in [6, 6.07) is 10.1. The molecule has 1 aromatic carbocycles. The predicted octanol–water partition coefficient (Wildman–Crippen LogP) is 3.38. The number of sulfonamides is 1. The highest BCUT2D eigenvalue weighted by molar-refractivity contribution is 7.92. The van der Waals surface area contributed by atoms with E-state index in [1.54, 1.807) is 55.6 Å². The number of benzene rings is 1. The topological polar surface area (TPSA) is 72.3 Å². The lowest BCUT2D eigenvalue weighted by molar-refractivity contribution is 0.0947. The summed E-state index contributed by atoms with van der Waals surface area (Å²) >= 11 is 1.20. The van der Waals surface area contributed by atoms with Gasteiger partial charge >= 0.3 is 0 Å². The van der Waals surface area contributed by atoms with Crippen LogP contribution in [0.1, 0.15) is 26.6 Å². The van der Waals surface area contributed by atoms with Gasteiger partial charge in [0.15, 0.2) is 0 Å². The first kappa shape index (κ1) is 18.3. The van der Waals surface area contributed by atoms with Crippen LogP contribution in [0.5, 0.6) is 0 Å². The molecular formula is C18H19N3O3S2. The maximum Gasteiger partial charge on any atom is 0.290 e. The molecule has 0 unspecified atom stereocenters. The zero-order valence-corrected chi connectivity index (χ0v) is 16.6. The van der Waals surface area contributed by atoms with E-state index < -0.39 is 10.0 Å². The molecule has 0 bridgehead atoms. The Bertz CT molecular complexity index is 1060. The fraction of sp³-hybridized carbons (Fsp3) is 0.222. The number of aryl methyl sites for hydroxylation is 3. The third-order valence-electron chi connectivity index (χ3n) is 4.06. The first-order valence-electron chi connectivity index (χ1n) is 7.93. The molecule has 0 atom stereocenters. The second-order valence-electron chi connectivity index (χ2n) is 6.06. The van der Waals surface area contributed by atoms with Crippen LogP contribution in [-0.2, 0) is 10.0 Å². The molecular weight excluding hydrogens is 370 g/mol. The SMILES string of the molecule is Cc1ccc(S(=O)(=O)N(C)c2ccsc2C(=O)n2nc(C)cc2C)cc1. The maximum atomic E-state index is 12.9. The quantitative estimate of drug-likeness (QED) is 0.686. The number of hydrogen-bond donors (Lipinski definition) is 0. The van der Waals surface area contributed by atoms with Crippen molar-refractivity contribution in [3.8, 4) is 0 Å². The normalized spacial score (nSPS) is 11.5.